The van der Waals surface area contributed by atoms with E-state index in [1.807, 2.05) is 36.4 Å². The quantitative estimate of drug-likeness (QED) is 0.530. The first-order valence-corrected chi connectivity index (χ1v) is 7.25. The zero-order valence-corrected chi connectivity index (χ0v) is 12.1. The van der Waals surface area contributed by atoms with Gasteiger partial charge < -0.3 is 4.98 Å². The van der Waals surface area contributed by atoms with Crippen LogP contribution in [-0.2, 0) is 11.2 Å². The maximum Gasteiger partial charge on any atom is 0.269 e. The molecule has 0 aliphatic carbocycles. The highest BCUT2D eigenvalue weighted by atomic mass is 32.2. The summed E-state index contributed by atoms with van der Waals surface area (Å²) < 4.78 is 0. The third-order valence-electron chi connectivity index (χ3n) is 2.85. The van der Waals surface area contributed by atoms with Gasteiger partial charge in [0.05, 0.1) is 6.42 Å². The Kier molecular flexibility index (Phi) is 4.10. The molecule has 2 aromatic heterocycles. The Bertz CT molecular complexity index is 783. The summed E-state index contributed by atoms with van der Waals surface area (Å²) >= 11 is 1.57. The normalized spacial score (nSPS) is 10.5. The minimum absolute atomic E-state index is 0.0251. The van der Waals surface area contributed by atoms with Crippen molar-refractivity contribution in [3.63, 3.8) is 0 Å². The van der Waals surface area contributed by atoms with Crippen LogP contribution in [0.2, 0.25) is 0 Å². The summed E-state index contributed by atoms with van der Waals surface area (Å²) in [7, 11) is 0. The fraction of sp³-hybridized carbons (Fsp3) is 0.0714. The topological polar surface area (TPSA) is 104 Å². The van der Waals surface area contributed by atoms with E-state index in [1.54, 1.807) is 18.0 Å². The van der Waals surface area contributed by atoms with Crippen LogP contribution >= 0.6 is 11.8 Å². The van der Waals surface area contributed by atoms with Crippen LogP contribution in [0, 0.1) is 0 Å². The molecule has 2 heterocycles. The number of carbonyl (C=O) groups is 2. The molecule has 1 aromatic carbocycles. The molecule has 2 N–H and O–H groups in total. The lowest BCUT2D eigenvalue weighted by molar-refractivity contribution is -0.114. The number of nitrogens with zero attached hydrogens (tertiary/aromatic N) is 3. The Morgan fingerprint density at radius 1 is 1.14 bits per heavy atom. The second-order valence-electron chi connectivity index (χ2n) is 4.44. The number of benzene rings is 1. The van der Waals surface area contributed by atoms with Crippen molar-refractivity contribution in [1.82, 2.24) is 25.6 Å². The monoisotopic (exact) mass is 313 g/mol. The molecule has 8 heteroatoms. The first kappa shape index (κ1) is 14.2. The highest BCUT2D eigenvalue weighted by Gasteiger charge is 2.21. The summed E-state index contributed by atoms with van der Waals surface area (Å²) in [6.07, 6.45) is 1.78. The third kappa shape index (κ3) is 3.29. The molecule has 3 aromatic rings. The number of Topliss-reactive ketones (excluding diaryl/α,β-unsaturated/α-hetero) is 2. The molecule has 0 saturated carbocycles. The van der Waals surface area contributed by atoms with Crippen molar-refractivity contribution in [1.29, 1.82) is 0 Å². The summed E-state index contributed by atoms with van der Waals surface area (Å²) in [6, 6.07) is 11.7. The van der Waals surface area contributed by atoms with Gasteiger partial charge in [0, 0.05) is 21.7 Å². The molecule has 22 heavy (non-hydrogen) atoms. The molecule has 0 radical (unpaired) electrons. The van der Waals surface area contributed by atoms with Gasteiger partial charge in [-0.15, -0.1) is 10.2 Å². The van der Waals surface area contributed by atoms with Crippen molar-refractivity contribution in [2.45, 2.75) is 16.2 Å². The van der Waals surface area contributed by atoms with Crippen LogP contribution in [0.1, 0.15) is 16.3 Å². The van der Waals surface area contributed by atoms with Crippen LogP contribution in [0.4, 0.5) is 0 Å². The Balaban J connectivity index is 1.64. The minimum atomic E-state index is -0.749. The van der Waals surface area contributed by atoms with Gasteiger partial charge in [0.2, 0.25) is 11.6 Å². The lowest BCUT2D eigenvalue weighted by atomic mass is 10.1. The molecule has 0 spiro atoms. The molecule has 110 valence electrons. The van der Waals surface area contributed by atoms with Crippen molar-refractivity contribution in [2.24, 2.45) is 0 Å². The van der Waals surface area contributed by atoms with E-state index in [0.29, 0.717) is 5.69 Å². The fourth-order valence-corrected chi connectivity index (χ4v) is 2.72. The molecule has 0 aliphatic rings. The van der Waals surface area contributed by atoms with Gasteiger partial charge in [0.1, 0.15) is 0 Å². The van der Waals surface area contributed by atoms with Gasteiger partial charge in [-0.1, -0.05) is 30.0 Å². The molecule has 0 unspecified atom stereocenters. The predicted octanol–water partition coefficient (Wildman–Crippen LogP) is 1.67. The number of aromatic amines is 2. The van der Waals surface area contributed by atoms with Crippen LogP contribution < -0.4 is 0 Å². The average molecular weight is 313 g/mol. The molecule has 0 aliphatic heterocycles. The number of carbonyl (C=O) groups excluding carboxylic acids is 2. The molecule has 7 nitrogen and oxygen atoms in total. The smallest absolute Gasteiger partial charge is 0.269 e. The second-order valence-corrected chi connectivity index (χ2v) is 5.59. The molecule has 0 fully saturated rings. The SMILES string of the molecule is O=C(Cc1cc(Sc2ccccc2)c[nH]1)C(=O)c1nn[nH]n1. The Morgan fingerprint density at radius 2 is 1.95 bits per heavy atom. The Labute approximate surface area is 129 Å². The number of nitrogens with one attached hydrogen (secondary N) is 2. The first-order chi connectivity index (χ1) is 10.7. The lowest BCUT2D eigenvalue weighted by Crippen LogP contribution is -2.18. The van der Waals surface area contributed by atoms with Gasteiger partial charge in [0.25, 0.3) is 5.78 Å². The van der Waals surface area contributed by atoms with E-state index in [4.69, 9.17) is 0 Å². The van der Waals surface area contributed by atoms with E-state index in [1.165, 1.54) is 0 Å². The van der Waals surface area contributed by atoms with Crippen LogP contribution in [0.15, 0.2) is 52.4 Å². The van der Waals surface area contributed by atoms with Gasteiger partial charge in [-0.2, -0.15) is 5.21 Å². The number of tetrazole rings is 1. The number of aromatic nitrogens is 5. The summed E-state index contributed by atoms with van der Waals surface area (Å²) in [5.41, 5.74) is 0.667. The molecule has 0 atom stereocenters. The largest absolute Gasteiger partial charge is 0.364 e. The summed E-state index contributed by atoms with van der Waals surface area (Å²) in [4.78, 5) is 28.7. The van der Waals surface area contributed by atoms with Gasteiger partial charge in [-0.25, -0.2) is 0 Å². The highest BCUT2D eigenvalue weighted by molar-refractivity contribution is 7.99. The molecular weight excluding hydrogens is 302 g/mol. The van der Waals surface area contributed by atoms with E-state index in [0.717, 1.165) is 9.79 Å². The summed E-state index contributed by atoms with van der Waals surface area (Å²) in [6.45, 7) is 0. The van der Waals surface area contributed by atoms with Crippen molar-refractivity contribution in [3.05, 3.63) is 54.1 Å². The molecule has 0 amide bonds. The standard InChI is InChI=1S/C14H11N5O2S/c20-12(13(21)14-16-18-19-17-14)7-9-6-11(8-15-9)22-10-4-2-1-3-5-10/h1-6,8,15H,7H2,(H,16,17,18,19). The minimum Gasteiger partial charge on any atom is -0.364 e. The van der Waals surface area contributed by atoms with E-state index in [9.17, 15) is 9.59 Å². The van der Waals surface area contributed by atoms with Crippen LogP contribution in [-0.4, -0.2) is 37.2 Å². The van der Waals surface area contributed by atoms with Crippen molar-refractivity contribution in [3.8, 4) is 0 Å². The summed E-state index contributed by atoms with van der Waals surface area (Å²) in [5.74, 6) is -1.55. The summed E-state index contributed by atoms with van der Waals surface area (Å²) in [5, 5.41) is 12.4. The average Bonchev–Trinajstić information content (AvgIpc) is 3.19. The molecule has 3 rings (SSSR count). The molecule has 0 bridgehead atoms. The van der Waals surface area contributed by atoms with Gasteiger partial charge >= 0.3 is 0 Å². The lowest BCUT2D eigenvalue weighted by Gasteiger charge is -1.96. The van der Waals surface area contributed by atoms with E-state index >= 15 is 0 Å². The first-order valence-electron chi connectivity index (χ1n) is 6.43. The molecule has 0 saturated heterocycles. The zero-order valence-electron chi connectivity index (χ0n) is 11.3. The van der Waals surface area contributed by atoms with E-state index in [2.05, 4.69) is 25.6 Å². The van der Waals surface area contributed by atoms with Crippen molar-refractivity contribution in [2.75, 3.05) is 0 Å². The maximum absolute atomic E-state index is 11.9. The van der Waals surface area contributed by atoms with Crippen LogP contribution in [0.3, 0.4) is 0 Å². The Morgan fingerprint density at radius 3 is 2.68 bits per heavy atom. The number of ketones is 2. The van der Waals surface area contributed by atoms with E-state index in [-0.39, 0.29) is 12.2 Å². The number of hydrogen-bond donors (Lipinski definition) is 2. The van der Waals surface area contributed by atoms with Crippen molar-refractivity contribution >= 4 is 23.3 Å². The molecular formula is C14H11N5O2S. The van der Waals surface area contributed by atoms with E-state index < -0.39 is 11.6 Å². The van der Waals surface area contributed by atoms with Crippen LogP contribution in [0.25, 0.3) is 0 Å². The zero-order chi connectivity index (χ0) is 15.4. The number of hydrogen-bond acceptors (Lipinski definition) is 6. The maximum atomic E-state index is 11.9. The van der Waals surface area contributed by atoms with Crippen molar-refractivity contribution < 1.29 is 9.59 Å². The van der Waals surface area contributed by atoms with Gasteiger partial charge in [0.15, 0.2) is 0 Å². The Hall–Kier alpha value is -2.74. The second kappa shape index (κ2) is 6.35. The number of rotatable bonds is 6. The van der Waals surface area contributed by atoms with Crippen LogP contribution in [0.5, 0.6) is 0 Å². The number of H-pyrrole nitrogens is 2. The predicted molar refractivity (Wildman–Crippen MR) is 78.6 cm³/mol. The van der Waals surface area contributed by atoms with Gasteiger partial charge in [-0.05, 0) is 23.4 Å². The fourth-order valence-electron chi connectivity index (χ4n) is 1.84. The highest BCUT2D eigenvalue weighted by Crippen LogP contribution is 2.27. The third-order valence-corrected chi connectivity index (χ3v) is 3.83. The van der Waals surface area contributed by atoms with Gasteiger partial charge in [-0.3, -0.25) is 9.59 Å².